The van der Waals surface area contributed by atoms with Gasteiger partial charge in [-0.3, -0.25) is 18.2 Å². The molecular weight excluding hydrogens is 193 g/mol. The molecule has 1 aliphatic heterocycles. The Morgan fingerprint density at radius 2 is 1.60 bits per heavy atom. The predicted molar refractivity (Wildman–Crippen MR) is 33.0 cm³/mol. The predicted octanol–water partition coefficient (Wildman–Crippen LogP) is -0.276. The second kappa shape index (κ2) is 5.04. The van der Waals surface area contributed by atoms with Gasteiger partial charge in [0.2, 0.25) is 0 Å². The number of aliphatic hydroxyl groups excluding tert-OH is 1. The molecule has 0 aromatic carbocycles. The van der Waals surface area contributed by atoms with Gasteiger partial charge in [0.05, 0.1) is 0 Å². The first-order valence-corrected chi connectivity index (χ1v) is 4.40. The minimum Gasteiger partial charge on any atom is -0.345 e. The first kappa shape index (κ1) is 11.3. The van der Waals surface area contributed by atoms with Crippen LogP contribution in [0.15, 0.2) is 0 Å². The van der Waals surface area contributed by atoms with Crippen molar-refractivity contribution in [3.63, 3.8) is 0 Å². The van der Waals surface area contributed by atoms with E-state index < -0.39 is 23.0 Å². The zero-order chi connectivity index (χ0) is 6.85. The Balaban J connectivity index is 0.000000810. The van der Waals surface area contributed by atoms with Crippen molar-refractivity contribution in [2.45, 2.75) is 6.48 Å². The summed E-state index contributed by atoms with van der Waals surface area (Å²) in [5.41, 5.74) is 0. The standard InChI is InChI=1S/CH4O6P2.Na/c2-1-5-8(3)7-9(4)6-1;/h1-2,8-9H;. The molecule has 0 bridgehead atoms. The average Bonchev–Trinajstić information content (AvgIpc) is 1.59. The van der Waals surface area contributed by atoms with Crippen molar-refractivity contribution >= 4 is 46.1 Å². The largest absolute Gasteiger partial charge is 0.345 e. The normalized spacial score (nSPS) is 40.3. The molecule has 2 atom stereocenters. The maximum Gasteiger partial charge on any atom is 0.330 e. The summed E-state index contributed by atoms with van der Waals surface area (Å²) >= 11 is 0. The quantitative estimate of drug-likeness (QED) is 0.425. The van der Waals surface area contributed by atoms with Crippen molar-refractivity contribution in [1.29, 1.82) is 0 Å². The molecule has 1 radical (unpaired) electrons. The van der Waals surface area contributed by atoms with Crippen LogP contribution in [0.5, 0.6) is 0 Å². The molecule has 6 nitrogen and oxygen atoms in total. The molecule has 0 spiro atoms. The fourth-order valence-corrected chi connectivity index (χ4v) is 1.76. The topological polar surface area (TPSA) is 82.1 Å². The SMILES string of the molecule is O=[PH]1OC(O)O[PH](=O)O1.[Na]. The Labute approximate surface area is 80.0 Å². The maximum atomic E-state index is 10.2. The third kappa shape index (κ3) is 3.62. The third-order valence-corrected chi connectivity index (χ3v) is 2.68. The summed E-state index contributed by atoms with van der Waals surface area (Å²) in [4.78, 5) is 0. The first-order chi connectivity index (χ1) is 4.18. The van der Waals surface area contributed by atoms with Gasteiger partial charge in [0, 0.05) is 29.6 Å². The Bertz CT molecular complexity index is 142. The zero-order valence-electron chi connectivity index (χ0n) is 5.07. The maximum absolute atomic E-state index is 10.2. The molecule has 1 heterocycles. The molecule has 0 aromatic heterocycles. The molecule has 1 aliphatic rings. The number of hydrogen-bond donors (Lipinski definition) is 1. The van der Waals surface area contributed by atoms with Crippen LogP contribution in [0.3, 0.4) is 0 Å². The van der Waals surface area contributed by atoms with Crippen molar-refractivity contribution in [2.24, 2.45) is 0 Å². The van der Waals surface area contributed by atoms with Crippen molar-refractivity contribution in [2.75, 3.05) is 0 Å². The summed E-state index contributed by atoms with van der Waals surface area (Å²) in [6.07, 6.45) is 0. The van der Waals surface area contributed by atoms with Gasteiger partial charge in [-0.05, 0) is 0 Å². The van der Waals surface area contributed by atoms with Crippen LogP contribution >= 0.6 is 16.5 Å². The Hall–Kier alpha value is 1.30. The summed E-state index contributed by atoms with van der Waals surface area (Å²) in [5.74, 6) is 0. The van der Waals surface area contributed by atoms with E-state index in [1.807, 2.05) is 0 Å². The van der Waals surface area contributed by atoms with Crippen LogP contribution in [0, 0.1) is 0 Å². The van der Waals surface area contributed by atoms with Crippen molar-refractivity contribution in [3.8, 4) is 0 Å². The molecule has 0 saturated carbocycles. The monoisotopic (exact) mass is 197 g/mol. The summed E-state index contributed by atoms with van der Waals surface area (Å²) in [6, 6.07) is 0. The second-order valence-electron chi connectivity index (χ2n) is 1.14. The molecule has 0 amide bonds. The van der Waals surface area contributed by atoms with Crippen LogP contribution in [0.1, 0.15) is 0 Å². The Morgan fingerprint density at radius 1 is 1.20 bits per heavy atom. The molecule has 0 aliphatic carbocycles. The van der Waals surface area contributed by atoms with E-state index in [1.165, 1.54) is 0 Å². The van der Waals surface area contributed by atoms with E-state index in [9.17, 15) is 9.13 Å². The number of rotatable bonds is 0. The van der Waals surface area contributed by atoms with Crippen molar-refractivity contribution in [3.05, 3.63) is 0 Å². The van der Waals surface area contributed by atoms with Gasteiger partial charge in [-0.25, -0.2) is 4.31 Å². The first-order valence-electron chi connectivity index (χ1n) is 1.95. The van der Waals surface area contributed by atoms with Gasteiger partial charge < -0.3 is 5.11 Å². The van der Waals surface area contributed by atoms with Gasteiger partial charge in [0.25, 0.3) is 6.48 Å². The molecule has 9 heteroatoms. The van der Waals surface area contributed by atoms with Crippen LogP contribution in [-0.2, 0) is 22.5 Å². The molecule has 1 saturated heterocycles. The molecule has 1 N–H and O–H groups in total. The van der Waals surface area contributed by atoms with E-state index >= 15 is 0 Å². The Kier molecular flexibility index (Phi) is 5.69. The minimum atomic E-state index is -2.78. The number of aliphatic hydroxyl groups is 1. The Morgan fingerprint density at radius 3 is 1.90 bits per heavy atom. The van der Waals surface area contributed by atoms with Crippen molar-refractivity contribution in [1.82, 2.24) is 0 Å². The van der Waals surface area contributed by atoms with Crippen LogP contribution in [0.2, 0.25) is 0 Å². The molecule has 1 rings (SSSR count). The average molecular weight is 197 g/mol. The second-order valence-corrected chi connectivity index (χ2v) is 3.43. The molecule has 55 valence electrons. The van der Waals surface area contributed by atoms with E-state index in [0.29, 0.717) is 0 Å². The molecule has 2 unspecified atom stereocenters. The van der Waals surface area contributed by atoms with Crippen LogP contribution in [0.25, 0.3) is 0 Å². The van der Waals surface area contributed by atoms with E-state index in [1.54, 1.807) is 0 Å². The van der Waals surface area contributed by atoms with Crippen LogP contribution in [0.4, 0.5) is 0 Å². The van der Waals surface area contributed by atoms with Gasteiger partial charge in [-0.15, -0.1) is 0 Å². The van der Waals surface area contributed by atoms with Crippen molar-refractivity contribution < 1.29 is 27.6 Å². The zero-order valence-corrected chi connectivity index (χ0v) is 9.07. The minimum absolute atomic E-state index is 0. The summed E-state index contributed by atoms with van der Waals surface area (Å²) in [6.45, 7) is -1.67. The van der Waals surface area contributed by atoms with Gasteiger partial charge in [-0.1, -0.05) is 0 Å². The number of hydrogen-bond acceptors (Lipinski definition) is 6. The van der Waals surface area contributed by atoms with E-state index in [2.05, 4.69) is 13.4 Å². The summed E-state index contributed by atoms with van der Waals surface area (Å²) < 4.78 is 32.5. The van der Waals surface area contributed by atoms with Gasteiger partial charge in [0.1, 0.15) is 0 Å². The fraction of sp³-hybridized carbons (Fsp3) is 1.00. The molecule has 1 fully saturated rings. The van der Waals surface area contributed by atoms with Crippen LogP contribution < -0.4 is 0 Å². The fourth-order valence-electron chi connectivity index (χ4n) is 0.305. The smallest absolute Gasteiger partial charge is 0.330 e. The van der Waals surface area contributed by atoms with E-state index in [0.717, 1.165) is 0 Å². The van der Waals surface area contributed by atoms with Gasteiger partial charge in [-0.2, -0.15) is 0 Å². The van der Waals surface area contributed by atoms with Crippen LogP contribution in [-0.4, -0.2) is 41.1 Å². The van der Waals surface area contributed by atoms with Gasteiger partial charge in [0.15, 0.2) is 0 Å². The van der Waals surface area contributed by atoms with Gasteiger partial charge >= 0.3 is 16.5 Å². The molecular formula is CH4NaO6P2. The third-order valence-electron chi connectivity index (χ3n) is 0.561. The summed E-state index contributed by atoms with van der Waals surface area (Å²) in [5, 5.41) is 8.38. The van der Waals surface area contributed by atoms with E-state index in [-0.39, 0.29) is 29.6 Å². The summed E-state index contributed by atoms with van der Waals surface area (Å²) in [7, 11) is -5.57. The van der Waals surface area contributed by atoms with E-state index in [4.69, 9.17) is 5.11 Å². The molecule has 0 aromatic rings. The molecule has 10 heavy (non-hydrogen) atoms.